The summed E-state index contributed by atoms with van der Waals surface area (Å²) in [6.07, 6.45) is 0. The van der Waals surface area contributed by atoms with Crippen LogP contribution in [-0.2, 0) is 10.8 Å². The molecule has 0 aliphatic heterocycles. The van der Waals surface area contributed by atoms with E-state index in [0.29, 0.717) is 5.75 Å². The van der Waals surface area contributed by atoms with Gasteiger partial charge in [0.2, 0.25) is 0 Å². The number of carbonyl (C=O) groups is 1. The monoisotopic (exact) mass is 422 g/mol. The topological polar surface area (TPSA) is 77.8 Å². The van der Waals surface area contributed by atoms with Crippen molar-refractivity contribution in [3.8, 4) is 11.5 Å². The van der Waals surface area contributed by atoms with Gasteiger partial charge in [0.05, 0.1) is 4.47 Å². The van der Waals surface area contributed by atoms with Gasteiger partial charge in [-0.1, -0.05) is 53.7 Å². The number of phenolic OH excluding ortho intramolecular Hbond substituents is 1. The molecule has 0 aliphatic carbocycles. The van der Waals surface area contributed by atoms with Gasteiger partial charge >= 0.3 is 5.97 Å². The van der Waals surface area contributed by atoms with Crippen molar-refractivity contribution in [3.05, 3.63) is 57.6 Å². The lowest BCUT2D eigenvalue weighted by Gasteiger charge is -2.19. The number of aromatic carboxylic acids is 1. The molecule has 0 spiro atoms. The van der Waals surface area contributed by atoms with Crippen LogP contribution in [0.15, 0.2) is 40.9 Å². The number of hydrogen-bond acceptors (Lipinski definition) is 3. The zero-order valence-corrected chi connectivity index (χ0v) is 17.7. The van der Waals surface area contributed by atoms with Crippen molar-refractivity contribution in [2.75, 3.05) is 0 Å². The molecule has 0 radical (unpaired) electrons. The summed E-state index contributed by atoms with van der Waals surface area (Å²) in [5.41, 5.74) is 2.09. The van der Waals surface area contributed by atoms with Crippen LogP contribution in [0.4, 0.5) is 0 Å². The van der Waals surface area contributed by atoms with Crippen molar-refractivity contribution in [2.24, 2.45) is 0 Å². The molecule has 0 unspecified atom stereocenters. The Morgan fingerprint density at radius 2 is 1.23 bits per heavy atom. The van der Waals surface area contributed by atoms with Crippen LogP contribution in [0.2, 0.25) is 0 Å². The SMILES string of the molecule is CC(C)(C)c1ccc(O)c(Br)c1.CC(C)(C)c1ccc(O)c(C(=O)O)c1. The van der Waals surface area contributed by atoms with Crippen LogP contribution in [0, 0.1) is 0 Å². The summed E-state index contributed by atoms with van der Waals surface area (Å²) in [5.74, 6) is -0.998. The summed E-state index contributed by atoms with van der Waals surface area (Å²) < 4.78 is 0.759. The van der Waals surface area contributed by atoms with E-state index in [0.717, 1.165) is 10.0 Å². The lowest BCUT2D eigenvalue weighted by atomic mass is 9.86. The molecule has 4 nitrogen and oxygen atoms in total. The smallest absolute Gasteiger partial charge is 0.339 e. The fraction of sp³-hybridized carbons (Fsp3) is 0.381. The van der Waals surface area contributed by atoms with Crippen LogP contribution in [0.1, 0.15) is 63.0 Å². The van der Waals surface area contributed by atoms with Gasteiger partial charge in [0, 0.05) is 0 Å². The van der Waals surface area contributed by atoms with Crippen LogP contribution in [0.3, 0.4) is 0 Å². The fourth-order valence-electron chi connectivity index (χ4n) is 2.15. The maximum absolute atomic E-state index is 10.7. The van der Waals surface area contributed by atoms with E-state index in [9.17, 15) is 15.0 Å². The molecule has 0 saturated heterocycles. The summed E-state index contributed by atoms with van der Waals surface area (Å²) in [6.45, 7) is 12.4. The third-order valence-corrected chi connectivity index (χ3v) is 4.54. The quantitative estimate of drug-likeness (QED) is 0.539. The molecule has 0 heterocycles. The Hall–Kier alpha value is -2.01. The van der Waals surface area contributed by atoms with E-state index in [1.807, 2.05) is 32.9 Å². The number of aromatic hydroxyl groups is 2. The number of carboxylic acid groups (broad SMARTS) is 1. The Labute approximate surface area is 163 Å². The molecule has 0 fully saturated rings. The maximum Gasteiger partial charge on any atom is 0.339 e. The fourth-order valence-corrected chi connectivity index (χ4v) is 2.53. The average Bonchev–Trinajstić information content (AvgIpc) is 2.48. The van der Waals surface area contributed by atoms with Gasteiger partial charge in [0.25, 0.3) is 0 Å². The Morgan fingerprint density at radius 3 is 1.62 bits per heavy atom. The summed E-state index contributed by atoms with van der Waals surface area (Å²) in [5, 5.41) is 27.3. The predicted molar refractivity (Wildman–Crippen MR) is 108 cm³/mol. The Bertz CT molecular complexity index is 784. The minimum atomic E-state index is -1.10. The van der Waals surface area contributed by atoms with Crippen molar-refractivity contribution in [3.63, 3.8) is 0 Å². The molecule has 0 bridgehead atoms. The van der Waals surface area contributed by atoms with Crippen molar-refractivity contribution in [2.45, 2.75) is 52.4 Å². The third kappa shape index (κ3) is 6.06. The second-order valence-corrected chi connectivity index (χ2v) is 9.06. The largest absolute Gasteiger partial charge is 0.507 e. The van der Waals surface area contributed by atoms with Crippen molar-refractivity contribution in [1.82, 2.24) is 0 Å². The van der Waals surface area contributed by atoms with E-state index in [2.05, 4.69) is 36.7 Å². The Morgan fingerprint density at radius 1 is 0.808 bits per heavy atom. The van der Waals surface area contributed by atoms with E-state index < -0.39 is 5.97 Å². The molecule has 0 aliphatic rings. The highest BCUT2D eigenvalue weighted by atomic mass is 79.9. The standard InChI is InChI=1S/C11H14O3.C10H13BrO/c1-11(2,3)7-4-5-9(12)8(6-7)10(13)14;1-10(2,3)7-4-5-9(12)8(11)6-7/h4-6,12H,1-3H3,(H,13,14);4-6,12H,1-3H3. The van der Waals surface area contributed by atoms with Gasteiger partial charge in [-0.05, 0) is 62.2 Å². The highest BCUT2D eigenvalue weighted by Gasteiger charge is 2.18. The minimum Gasteiger partial charge on any atom is -0.507 e. The van der Waals surface area contributed by atoms with E-state index in [1.165, 1.54) is 17.7 Å². The maximum atomic E-state index is 10.7. The van der Waals surface area contributed by atoms with E-state index >= 15 is 0 Å². The van der Waals surface area contributed by atoms with Crippen LogP contribution < -0.4 is 0 Å². The molecule has 3 N–H and O–H groups in total. The summed E-state index contributed by atoms with van der Waals surface area (Å²) >= 11 is 3.29. The second-order valence-electron chi connectivity index (χ2n) is 8.20. The van der Waals surface area contributed by atoms with Gasteiger partial charge in [-0.3, -0.25) is 0 Å². The van der Waals surface area contributed by atoms with Gasteiger partial charge in [-0.2, -0.15) is 0 Å². The molecule has 0 aromatic heterocycles. The first-order chi connectivity index (χ1) is 11.7. The van der Waals surface area contributed by atoms with E-state index in [-0.39, 0.29) is 22.1 Å². The first-order valence-electron chi connectivity index (χ1n) is 8.29. The number of benzene rings is 2. The Balaban J connectivity index is 0.000000263. The van der Waals surface area contributed by atoms with Crippen LogP contribution in [-0.4, -0.2) is 21.3 Å². The second kappa shape index (κ2) is 8.12. The van der Waals surface area contributed by atoms with Crippen LogP contribution in [0.5, 0.6) is 11.5 Å². The molecular weight excluding hydrogens is 396 g/mol. The predicted octanol–water partition coefficient (Wildman–Crippen LogP) is 5.84. The summed E-state index contributed by atoms with van der Waals surface area (Å²) in [7, 11) is 0. The molecule has 26 heavy (non-hydrogen) atoms. The summed E-state index contributed by atoms with van der Waals surface area (Å²) in [4.78, 5) is 10.7. The zero-order valence-electron chi connectivity index (χ0n) is 16.1. The summed E-state index contributed by atoms with van der Waals surface area (Å²) in [6, 6.07) is 10.3. The van der Waals surface area contributed by atoms with Crippen molar-refractivity contribution >= 4 is 21.9 Å². The third-order valence-electron chi connectivity index (χ3n) is 3.91. The minimum absolute atomic E-state index is 0.0441. The number of hydrogen-bond donors (Lipinski definition) is 3. The van der Waals surface area contributed by atoms with Crippen molar-refractivity contribution < 1.29 is 20.1 Å². The van der Waals surface area contributed by atoms with Gasteiger partial charge in [-0.25, -0.2) is 4.79 Å². The molecule has 0 saturated carbocycles. The first kappa shape index (κ1) is 22.0. The van der Waals surface area contributed by atoms with Crippen LogP contribution in [0.25, 0.3) is 0 Å². The number of carboxylic acids is 1. The molecular formula is C21H27BrO4. The molecule has 5 heteroatoms. The lowest BCUT2D eigenvalue weighted by molar-refractivity contribution is 0.0693. The van der Waals surface area contributed by atoms with E-state index in [1.54, 1.807) is 12.1 Å². The van der Waals surface area contributed by atoms with Gasteiger partial charge < -0.3 is 15.3 Å². The zero-order chi connectivity index (χ0) is 20.3. The molecule has 2 aromatic carbocycles. The van der Waals surface area contributed by atoms with Gasteiger partial charge in [-0.15, -0.1) is 0 Å². The van der Waals surface area contributed by atoms with Crippen molar-refractivity contribution in [1.29, 1.82) is 0 Å². The molecule has 0 amide bonds. The molecule has 142 valence electrons. The first-order valence-corrected chi connectivity index (χ1v) is 9.08. The molecule has 2 aromatic rings. The highest BCUT2D eigenvalue weighted by Crippen LogP contribution is 2.30. The number of halogens is 1. The van der Waals surface area contributed by atoms with Gasteiger partial charge in [0.1, 0.15) is 17.1 Å². The lowest BCUT2D eigenvalue weighted by Crippen LogP contribution is -2.12. The van der Waals surface area contributed by atoms with Gasteiger partial charge in [0.15, 0.2) is 0 Å². The number of phenols is 2. The molecule has 0 atom stereocenters. The normalized spacial score (nSPS) is 11.5. The molecule has 2 rings (SSSR count). The highest BCUT2D eigenvalue weighted by molar-refractivity contribution is 9.10. The van der Waals surface area contributed by atoms with E-state index in [4.69, 9.17) is 5.11 Å². The Kier molecular flexibility index (Phi) is 6.88. The average molecular weight is 423 g/mol. The number of rotatable bonds is 1. The van der Waals surface area contributed by atoms with Crippen LogP contribution >= 0.6 is 15.9 Å².